The van der Waals surface area contributed by atoms with Gasteiger partial charge in [-0.25, -0.2) is 0 Å². The molecule has 2 heteroatoms. The lowest BCUT2D eigenvalue weighted by atomic mass is 10.4. The molecule has 2 nitrogen and oxygen atoms in total. The number of carboxylic acid groups (broad SMARTS) is 1. The Morgan fingerprint density at radius 3 is 2.50 bits per heavy atom. The second kappa shape index (κ2) is 2.69. The maximum absolute atomic E-state index is 9.60. The summed E-state index contributed by atoms with van der Waals surface area (Å²) >= 11 is 0. The van der Waals surface area contributed by atoms with Crippen LogP contribution < -0.4 is 0 Å². The zero-order valence-corrected chi connectivity index (χ0v) is 3.77. The van der Waals surface area contributed by atoms with Gasteiger partial charge in [0.25, 0.3) is 0 Å². The fourth-order valence-electron chi connectivity index (χ4n) is 0.214. The summed E-state index contributed by atoms with van der Waals surface area (Å²) in [6.07, 6.45) is 1.02. The van der Waals surface area contributed by atoms with Gasteiger partial charge >= 0.3 is 7.40 Å². The van der Waals surface area contributed by atoms with Gasteiger partial charge in [0.15, 0.2) is 0 Å². The average Bonchev–Trinajstić information content (AvgIpc) is 1.35. The van der Waals surface area contributed by atoms with Crippen LogP contribution in [-0.4, -0.2) is 11.1 Å². The normalized spacial score (nSPS) is 8.17. The summed E-state index contributed by atoms with van der Waals surface area (Å²) in [7, 11) is 0. The monoisotopic (exact) mass is 89.1 g/mol. The SMILES string of the molecule is CCCC(=O)O.[H+]. The van der Waals surface area contributed by atoms with E-state index in [0.717, 1.165) is 6.42 Å². The van der Waals surface area contributed by atoms with Gasteiger partial charge in [-0.05, 0) is 6.42 Å². The Labute approximate surface area is 38.3 Å². The molecule has 0 bridgehead atoms. The maximum Gasteiger partial charge on any atom is 1.00 e. The van der Waals surface area contributed by atoms with Gasteiger partial charge in [0, 0.05) is 6.42 Å². The minimum Gasteiger partial charge on any atom is -0.481 e. The van der Waals surface area contributed by atoms with E-state index < -0.39 is 5.97 Å². The molecule has 0 unspecified atom stereocenters. The first-order valence-electron chi connectivity index (χ1n) is 1.99. The lowest BCUT2D eigenvalue weighted by molar-refractivity contribution is -0.137. The van der Waals surface area contributed by atoms with Crippen molar-refractivity contribution in [2.24, 2.45) is 0 Å². The smallest absolute Gasteiger partial charge is 0.481 e. The van der Waals surface area contributed by atoms with Gasteiger partial charge in [0.2, 0.25) is 0 Å². The second-order valence-electron chi connectivity index (χ2n) is 1.14. The molecule has 36 valence electrons. The van der Waals surface area contributed by atoms with Crippen molar-refractivity contribution in [3.8, 4) is 0 Å². The fourth-order valence-corrected chi connectivity index (χ4v) is 0.214. The van der Waals surface area contributed by atoms with Gasteiger partial charge in [0.1, 0.15) is 0 Å². The number of hydrogen-bond acceptors (Lipinski definition) is 1. The molecular formula is C4H9O2+. The van der Waals surface area contributed by atoms with Crippen molar-refractivity contribution >= 4 is 5.97 Å². The van der Waals surface area contributed by atoms with E-state index >= 15 is 0 Å². The van der Waals surface area contributed by atoms with Crippen LogP contribution in [0.25, 0.3) is 0 Å². The number of aliphatic carboxylic acids is 1. The molecule has 0 heterocycles. The van der Waals surface area contributed by atoms with Crippen LogP contribution in [0.1, 0.15) is 21.2 Å². The highest BCUT2D eigenvalue weighted by atomic mass is 16.4. The Hall–Kier alpha value is -0.530. The third kappa shape index (κ3) is 3.47. The molecule has 0 spiro atoms. The molecule has 0 aromatic heterocycles. The van der Waals surface area contributed by atoms with Gasteiger partial charge in [-0.1, -0.05) is 6.92 Å². The fraction of sp³-hybridized carbons (Fsp3) is 0.750. The Kier molecular flexibility index (Phi) is 2.46. The summed E-state index contributed by atoms with van der Waals surface area (Å²) in [6.45, 7) is 1.84. The van der Waals surface area contributed by atoms with E-state index in [-0.39, 0.29) is 1.43 Å². The molecule has 0 fully saturated rings. The van der Waals surface area contributed by atoms with Crippen LogP contribution in [0.5, 0.6) is 0 Å². The van der Waals surface area contributed by atoms with E-state index in [1.54, 1.807) is 0 Å². The van der Waals surface area contributed by atoms with E-state index in [4.69, 9.17) is 5.11 Å². The van der Waals surface area contributed by atoms with Crippen molar-refractivity contribution in [1.29, 1.82) is 0 Å². The third-order valence-corrected chi connectivity index (χ3v) is 0.464. The van der Waals surface area contributed by atoms with Crippen LogP contribution in [0.15, 0.2) is 0 Å². The highest BCUT2D eigenvalue weighted by Crippen LogP contribution is 1.82. The standard InChI is InChI=1S/C4H8O2/c1-2-3-4(5)6/h2-3H2,1H3,(H,5,6)/p+1. The molecule has 0 radical (unpaired) electrons. The van der Waals surface area contributed by atoms with Crippen LogP contribution in [0.4, 0.5) is 0 Å². The van der Waals surface area contributed by atoms with Crippen LogP contribution in [0, 0.1) is 0 Å². The van der Waals surface area contributed by atoms with Crippen molar-refractivity contribution in [3.63, 3.8) is 0 Å². The molecule has 0 aromatic rings. The quantitative estimate of drug-likeness (QED) is 0.547. The maximum atomic E-state index is 9.60. The lowest BCUT2D eigenvalue weighted by Crippen LogP contribution is -1.90. The molecule has 0 saturated heterocycles. The predicted octanol–water partition coefficient (Wildman–Crippen LogP) is 0.984. The molecule has 0 aliphatic carbocycles. The molecule has 0 saturated carbocycles. The molecule has 6 heavy (non-hydrogen) atoms. The first-order chi connectivity index (χ1) is 2.77. The topological polar surface area (TPSA) is 37.3 Å². The van der Waals surface area contributed by atoms with Crippen molar-refractivity contribution in [3.05, 3.63) is 0 Å². The predicted molar refractivity (Wildman–Crippen MR) is 23.7 cm³/mol. The van der Waals surface area contributed by atoms with Gasteiger partial charge in [-0.3, -0.25) is 4.79 Å². The second-order valence-corrected chi connectivity index (χ2v) is 1.14. The van der Waals surface area contributed by atoms with Crippen molar-refractivity contribution in [2.45, 2.75) is 19.8 Å². The molecule has 0 amide bonds. The molecule has 1 N–H and O–H groups in total. The van der Waals surface area contributed by atoms with Gasteiger partial charge in [-0.2, -0.15) is 0 Å². The number of rotatable bonds is 2. The van der Waals surface area contributed by atoms with Crippen molar-refractivity contribution < 1.29 is 11.3 Å². The Balaban J connectivity index is 0. The first-order valence-corrected chi connectivity index (χ1v) is 1.99. The number of carboxylic acids is 1. The summed E-state index contributed by atoms with van der Waals surface area (Å²) < 4.78 is 0. The summed E-state index contributed by atoms with van der Waals surface area (Å²) in [4.78, 5) is 9.60. The Morgan fingerprint density at radius 2 is 2.50 bits per heavy atom. The highest BCUT2D eigenvalue weighted by Gasteiger charge is 1.87. The van der Waals surface area contributed by atoms with Crippen LogP contribution in [-0.2, 0) is 4.79 Å². The average molecular weight is 89.1 g/mol. The largest absolute Gasteiger partial charge is 1.00 e. The van der Waals surface area contributed by atoms with Crippen LogP contribution >= 0.6 is 0 Å². The lowest BCUT2D eigenvalue weighted by Gasteiger charge is -1.79. The van der Waals surface area contributed by atoms with E-state index in [9.17, 15) is 4.79 Å². The van der Waals surface area contributed by atoms with Crippen molar-refractivity contribution in [1.82, 2.24) is 0 Å². The summed E-state index contributed by atoms with van der Waals surface area (Å²) in [6, 6.07) is 0. The molecule has 0 aliphatic rings. The highest BCUT2D eigenvalue weighted by molar-refractivity contribution is 5.66. The van der Waals surface area contributed by atoms with Crippen LogP contribution in [0.2, 0.25) is 0 Å². The van der Waals surface area contributed by atoms with Gasteiger partial charge in [0.05, 0.1) is 0 Å². The summed E-state index contributed by atoms with van der Waals surface area (Å²) in [5.41, 5.74) is 0. The molecule has 0 aromatic carbocycles. The number of hydrogen-bond donors (Lipinski definition) is 1. The van der Waals surface area contributed by atoms with E-state index in [0.29, 0.717) is 6.42 Å². The Morgan fingerprint density at radius 1 is 2.00 bits per heavy atom. The summed E-state index contributed by atoms with van der Waals surface area (Å²) in [5, 5.41) is 7.91. The first kappa shape index (κ1) is 5.47. The minimum atomic E-state index is -0.711. The Bertz CT molecular complexity index is 53.7. The van der Waals surface area contributed by atoms with Crippen LogP contribution in [0.3, 0.4) is 0 Å². The minimum absolute atomic E-state index is 0. The molecule has 0 atom stereocenters. The van der Waals surface area contributed by atoms with Crippen molar-refractivity contribution in [2.75, 3.05) is 0 Å². The van der Waals surface area contributed by atoms with E-state index in [1.165, 1.54) is 0 Å². The molecule has 0 aliphatic heterocycles. The zero-order valence-electron chi connectivity index (χ0n) is 4.77. The molecule has 0 rings (SSSR count). The van der Waals surface area contributed by atoms with Gasteiger partial charge in [-0.15, -0.1) is 0 Å². The van der Waals surface area contributed by atoms with E-state index in [1.807, 2.05) is 6.92 Å². The zero-order chi connectivity index (χ0) is 4.99. The number of carbonyl (C=O) groups is 1. The van der Waals surface area contributed by atoms with Gasteiger partial charge < -0.3 is 5.11 Å². The third-order valence-electron chi connectivity index (χ3n) is 0.464. The summed E-state index contributed by atoms with van der Waals surface area (Å²) in [5.74, 6) is -0.711. The molecular weight excluding hydrogens is 80.0 g/mol. The van der Waals surface area contributed by atoms with E-state index in [2.05, 4.69) is 0 Å².